The monoisotopic (exact) mass is 497 g/mol. The maximum absolute atomic E-state index is 13.1. The number of hydrogen-bond donors (Lipinski definition) is 2. The van der Waals surface area contributed by atoms with Gasteiger partial charge in [-0.2, -0.15) is 0 Å². The number of thiazole rings is 2. The van der Waals surface area contributed by atoms with Gasteiger partial charge in [0.2, 0.25) is 0 Å². The van der Waals surface area contributed by atoms with Gasteiger partial charge in [-0.15, -0.1) is 22.7 Å². The summed E-state index contributed by atoms with van der Waals surface area (Å²) in [6.45, 7) is 3.99. The van der Waals surface area contributed by atoms with Crippen molar-refractivity contribution in [2.45, 2.75) is 19.9 Å². The summed E-state index contributed by atoms with van der Waals surface area (Å²) in [4.78, 5) is 27.7. The summed E-state index contributed by atoms with van der Waals surface area (Å²) < 4.78 is 0. The SMILES string of the molecule is Cc1nc(C)c(-c2csc(Nc3ccc(C(=O)NC(c4ccccc4)c4ccccc4)cn3)n2)s1. The minimum atomic E-state index is -0.254. The first-order valence-corrected chi connectivity index (χ1v) is 12.8. The van der Waals surface area contributed by atoms with Gasteiger partial charge in [0.05, 0.1) is 32.9 Å². The van der Waals surface area contributed by atoms with Crippen LogP contribution in [-0.2, 0) is 0 Å². The quantitative estimate of drug-likeness (QED) is 0.267. The van der Waals surface area contributed by atoms with Gasteiger partial charge in [-0.25, -0.2) is 15.0 Å². The van der Waals surface area contributed by atoms with Crippen molar-refractivity contribution in [3.05, 3.63) is 112 Å². The van der Waals surface area contributed by atoms with Crippen LogP contribution in [-0.4, -0.2) is 20.9 Å². The average molecular weight is 498 g/mol. The van der Waals surface area contributed by atoms with Gasteiger partial charge in [-0.1, -0.05) is 60.7 Å². The van der Waals surface area contributed by atoms with Crippen LogP contribution < -0.4 is 10.6 Å². The lowest BCUT2D eigenvalue weighted by Gasteiger charge is -2.20. The second kappa shape index (κ2) is 10.2. The normalized spacial score (nSPS) is 10.9. The van der Waals surface area contributed by atoms with Crippen LogP contribution in [0, 0.1) is 13.8 Å². The lowest BCUT2D eigenvalue weighted by Crippen LogP contribution is -2.29. The molecule has 0 saturated carbocycles. The largest absolute Gasteiger partial charge is 0.341 e. The fourth-order valence-corrected chi connectivity index (χ4v) is 5.44. The standard InChI is InChI=1S/C27H23N5OS2/c1-17-25(35-18(2)29-17)22-16-34-27(30-22)31-23-14-13-21(15-28-23)26(33)32-24(19-9-5-3-6-10-19)20-11-7-4-8-12-20/h3-16,24H,1-2H3,(H,32,33)(H,28,30,31). The number of amides is 1. The maximum atomic E-state index is 13.1. The first kappa shape index (κ1) is 22.9. The van der Waals surface area contributed by atoms with E-state index in [1.807, 2.05) is 79.9 Å². The molecule has 6 nitrogen and oxygen atoms in total. The summed E-state index contributed by atoms with van der Waals surface area (Å²) in [5.74, 6) is 0.441. The van der Waals surface area contributed by atoms with Crippen molar-refractivity contribution >= 4 is 39.5 Å². The highest BCUT2D eigenvalue weighted by Gasteiger charge is 2.18. The number of rotatable bonds is 7. The molecule has 0 aliphatic rings. The third-order valence-electron chi connectivity index (χ3n) is 5.44. The fraction of sp³-hybridized carbons (Fsp3) is 0.111. The van der Waals surface area contributed by atoms with E-state index in [2.05, 4.69) is 25.6 Å². The number of carbonyl (C=O) groups is 1. The predicted molar refractivity (Wildman–Crippen MR) is 142 cm³/mol. The topological polar surface area (TPSA) is 79.8 Å². The lowest BCUT2D eigenvalue weighted by molar-refractivity contribution is 0.0942. The van der Waals surface area contributed by atoms with Gasteiger partial charge in [0.15, 0.2) is 5.13 Å². The van der Waals surface area contributed by atoms with E-state index in [-0.39, 0.29) is 11.9 Å². The zero-order valence-electron chi connectivity index (χ0n) is 19.2. The van der Waals surface area contributed by atoms with Crippen LogP contribution >= 0.6 is 22.7 Å². The van der Waals surface area contributed by atoms with Gasteiger partial charge in [0.25, 0.3) is 5.91 Å². The van der Waals surface area contributed by atoms with Gasteiger partial charge in [0, 0.05) is 11.6 Å². The number of pyridine rings is 1. The molecule has 0 unspecified atom stereocenters. The van der Waals surface area contributed by atoms with Gasteiger partial charge in [-0.3, -0.25) is 4.79 Å². The van der Waals surface area contributed by atoms with Crippen molar-refractivity contribution in [3.8, 4) is 10.6 Å². The van der Waals surface area contributed by atoms with E-state index in [9.17, 15) is 4.79 Å². The number of carbonyl (C=O) groups excluding carboxylic acids is 1. The molecule has 5 aromatic rings. The average Bonchev–Trinajstić information content (AvgIpc) is 3.49. The highest BCUT2D eigenvalue weighted by atomic mass is 32.1. The Morgan fingerprint density at radius 3 is 2.14 bits per heavy atom. The molecule has 1 amide bonds. The molecule has 0 aliphatic carbocycles. The van der Waals surface area contributed by atoms with Crippen LogP contribution in [0.5, 0.6) is 0 Å². The Labute approximate surface area is 211 Å². The van der Waals surface area contributed by atoms with Crippen molar-refractivity contribution in [3.63, 3.8) is 0 Å². The summed E-state index contributed by atoms with van der Waals surface area (Å²) in [5.41, 5.74) is 4.42. The Bertz CT molecular complexity index is 1390. The number of benzene rings is 2. The van der Waals surface area contributed by atoms with Crippen molar-refractivity contribution in [2.24, 2.45) is 0 Å². The molecule has 35 heavy (non-hydrogen) atoms. The summed E-state index contributed by atoms with van der Waals surface area (Å²) in [5, 5.41) is 10.2. The third-order valence-corrected chi connectivity index (χ3v) is 7.30. The van der Waals surface area contributed by atoms with E-state index < -0.39 is 0 Å². The Morgan fingerprint density at radius 2 is 1.57 bits per heavy atom. The van der Waals surface area contributed by atoms with E-state index >= 15 is 0 Å². The smallest absolute Gasteiger partial charge is 0.253 e. The van der Waals surface area contributed by atoms with Gasteiger partial charge in [0.1, 0.15) is 5.82 Å². The number of aromatic nitrogens is 3. The first-order chi connectivity index (χ1) is 17.1. The Hall–Kier alpha value is -3.88. The van der Waals surface area contributed by atoms with Crippen LogP contribution in [0.2, 0.25) is 0 Å². The molecule has 0 saturated heterocycles. The molecule has 2 aromatic carbocycles. The predicted octanol–water partition coefficient (Wildman–Crippen LogP) is 6.54. The molecule has 0 atom stereocenters. The van der Waals surface area contributed by atoms with Gasteiger partial charge in [-0.05, 0) is 37.1 Å². The molecular formula is C27H23N5OS2. The molecule has 0 radical (unpaired) electrons. The van der Waals surface area contributed by atoms with Crippen LogP contribution in [0.4, 0.5) is 10.9 Å². The van der Waals surface area contributed by atoms with E-state index in [0.717, 1.165) is 37.5 Å². The third kappa shape index (κ3) is 5.29. The molecule has 8 heteroatoms. The van der Waals surface area contributed by atoms with Crippen LogP contribution in [0.15, 0.2) is 84.4 Å². The Morgan fingerprint density at radius 1 is 0.886 bits per heavy atom. The van der Waals surface area contributed by atoms with Gasteiger partial charge < -0.3 is 10.6 Å². The summed E-state index contributed by atoms with van der Waals surface area (Å²) in [6.07, 6.45) is 1.58. The van der Waals surface area contributed by atoms with Crippen molar-refractivity contribution < 1.29 is 4.79 Å². The molecule has 0 aliphatic heterocycles. The molecule has 0 fully saturated rings. The first-order valence-electron chi connectivity index (χ1n) is 11.1. The minimum absolute atomic E-state index is 0.186. The van der Waals surface area contributed by atoms with Crippen LogP contribution in [0.3, 0.4) is 0 Å². The number of nitrogens with one attached hydrogen (secondary N) is 2. The maximum Gasteiger partial charge on any atom is 0.253 e. The second-order valence-corrected chi connectivity index (χ2v) is 10.0. The fourth-order valence-electron chi connectivity index (χ4n) is 3.78. The number of hydrogen-bond acceptors (Lipinski definition) is 7. The van der Waals surface area contributed by atoms with E-state index in [0.29, 0.717) is 11.4 Å². The number of nitrogens with zero attached hydrogens (tertiary/aromatic N) is 3. The lowest BCUT2D eigenvalue weighted by atomic mass is 9.98. The molecule has 0 bridgehead atoms. The number of aryl methyl sites for hydroxylation is 2. The van der Waals surface area contributed by atoms with Crippen LogP contribution in [0.25, 0.3) is 10.6 Å². The molecule has 0 spiro atoms. The highest BCUT2D eigenvalue weighted by Crippen LogP contribution is 2.32. The Kier molecular flexibility index (Phi) is 6.65. The van der Waals surface area contributed by atoms with Gasteiger partial charge >= 0.3 is 0 Å². The van der Waals surface area contributed by atoms with Crippen molar-refractivity contribution in [1.82, 2.24) is 20.3 Å². The highest BCUT2D eigenvalue weighted by molar-refractivity contribution is 7.16. The summed E-state index contributed by atoms with van der Waals surface area (Å²) in [6, 6.07) is 23.2. The molecule has 5 rings (SSSR count). The number of anilines is 2. The van der Waals surface area contributed by atoms with Crippen molar-refractivity contribution in [2.75, 3.05) is 5.32 Å². The van der Waals surface area contributed by atoms with E-state index in [4.69, 9.17) is 0 Å². The Balaban J connectivity index is 1.29. The van der Waals surface area contributed by atoms with E-state index in [1.54, 1.807) is 29.7 Å². The molecule has 3 heterocycles. The summed E-state index contributed by atoms with van der Waals surface area (Å²) in [7, 11) is 0. The second-order valence-electron chi connectivity index (χ2n) is 7.97. The van der Waals surface area contributed by atoms with Crippen molar-refractivity contribution in [1.29, 1.82) is 0 Å². The molecule has 174 valence electrons. The molecule has 2 N–H and O–H groups in total. The minimum Gasteiger partial charge on any atom is -0.341 e. The zero-order chi connectivity index (χ0) is 24.2. The summed E-state index contributed by atoms with van der Waals surface area (Å²) >= 11 is 3.15. The van der Waals surface area contributed by atoms with E-state index in [1.165, 1.54) is 11.3 Å². The van der Waals surface area contributed by atoms with Crippen LogP contribution in [0.1, 0.15) is 38.2 Å². The molecular weight excluding hydrogens is 474 g/mol. The zero-order valence-corrected chi connectivity index (χ0v) is 20.9. The molecule has 3 aromatic heterocycles.